The van der Waals surface area contributed by atoms with Crippen molar-refractivity contribution >= 4 is 0 Å². The third kappa shape index (κ3) is 3.70. The molecule has 0 bridgehead atoms. The van der Waals surface area contributed by atoms with Crippen LogP contribution in [0.4, 0.5) is 8.78 Å². The van der Waals surface area contributed by atoms with Crippen LogP contribution < -0.4 is 0 Å². The van der Waals surface area contributed by atoms with Gasteiger partial charge in [-0.15, -0.1) is 0 Å². The number of ether oxygens (including phenoxy) is 1. The first-order chi connectivity index (χ1) is 10.7. The molecular formula is C18H19F2NO. The lowest BCUT2D eigenvalue weighted by molar-refractivity contribution is 0.0456. The Balaban J connectivity index is 1.74. The van der Waals surface area contributed by atoms with Crippen molar-refractivity contribution in [1.82, 2.24) is 4.90 Å². The Labute approximate surface area is 129 Å². The first kappa shape index (κ1) is 15.1. The zero-order chi connectivity index (χ0) is 15.4. The molecule has 22 heavy (non-hydrogen) atoms. The highest BCUT2D eigenvalue weighted by atomic mass is 19.1. The molecule has 3 rings (SSSR count). The van der Waals surface area contributed by atoms with E-state index in [1.54, 1.807) is 24.3 Å². The van der Waals surface area contributed by atoms with Gasteiger partial charge in [0.25, 0.3) is 0 Å². The van der Waals surface area contributed by atoms with E-state index in [-0.39, 0.29) is 17.7 Å². The van der Waals surface area contributed by atoms with E-state index >= 15 is 0 Å². The van der Waals surface area contributed by atoms with Crippen molar-refractivity contribution in [3.8, 4) is 0 Å². The van der Waals surface area contributed by atoms with Crippen molar-refractivity contribution in [2.24, 2.45) is 0 Å². The minimum Gasteiger partial charge on any atom is -0.367 e. The summed E-state index contributed by atoms with van der Waals surface area (Å²) in [5, 5.41) is 0. The molecule has 0 saturated carbocycles. The lowest BCUT2D eigenvalue weighted by Gasteiger charge is -2.31. The fourth-order valence-corrected chi connectivity index (χ4v) is 2.57. The van der Waals surface area contributed by atoms with E-state index in [4.69, 9.17) is 4.74 Å². The molecule has 0 radical (unpaired) electrons. The molecule has 0 N–H and O–H groups in total. The van der Waals surface area contributed by atoms with Gasteiger partial charge in [-0.05, 0) is 54.9 Å². The van der Waals surface area contributed by atoms with Gasteiger partial charge in [0.2, 0.25) is 0 Å². The maximum Gasteiger partial charge on any atom is 0.123 e. The summed E-state index contributed by atoms with van der Waals surface area (Å²) in [7, 11) is 0. The SMILES string of the molecule is Fc1ccc(C(OCCN2CCC2)c2ccc(F)cc2)cc1. The van der Waals surface area contributed by atoms with Crippen molar-refractivity contribution in [3.63, 3.8) is 0 Å². The minimum atomic E-state index is -0.303. The van der Waals surface area contributed by atoms with Gasteiger partial charge in [-0.3, -0.25) is 0 Å². The number of likely N-dealkylation sites (tertiary alicyclic amines) is 1. The first-order valence-corrected chi connectivity index (χ1v) is 7.57. The molecule has 2 aromatic rings. The second kappa shape index (κ2) is 6.99. The minimum absolute atomic E-state index is 0.276. The van der Waals surface area contributed by atoms with Crippen molar-refractivity contribution in [2.75, 3.05) is 26.2 Å². The molecule has 0 atom stereocenters. The maximum atomic E-state index is 13.1. The van der Waals surface area contributed by atoms with E-state index in [0.29, 0.717) is 6.61 Å². The standard InChI is InChI=1S/C18H19F2NO/c19-16-6-2-14(3-7-16)18(15-4-8-17(20)9-5-15)22-13-12-21-10-1-11-21/h2-9,18H,1,10-13H2. The Hall–Kier alpha value is -1.78. The van der Waals surface area contributed by atoms with Gasteiger partial charge in [0.15, 0.2) is 0 Å². The van der Waals surface area contributed by atoms with Crippen molar-refractivity contribution in [2.45, 2.75) is 12.5 Å². The van der Waals surface area contributed by atoms with E-state index in [1.165, 1.54) is 30.7 Å². The molecule has 1 saturated heterocycles. The fourth-order valence-electron chi connectivity index (χ4n) is 2.57. The molecule has 2 nitrogen and oxygen atoms in total. The Kier molecular flexibility index (Phi) is 4.80. The topological polar surface area (TPSA) is 12.5 Å². The highest BCUT2D eigenvalue weighted by molar-refractivity contribution is 5.30. The van der Waals surface area contributed by atoms with Crippen LogP contribution in [0.3, 0.4) is 0 Å². The highest BCUT2D eigenvalue weighted by Gasteiger charge is 2.17. The van der Waals surface area contributed by atoms with Crippen LogP contribution >= 0.6 is 0 Å². The van der Waals surface area contributed by atoms with Crippen LogP contribution in [0.2, 0.25) is 0 Å². The average molecular weight is 303 g/mol. The number of hydrogen-bond acceptors (Lipinski definition) is 2. The molecule has 0 amide bonds. The molecule has 0 unspecified atom stereocenters. The monoisotopic (exact) mass is 303 g/mol. The zero-order valence-corrected chi connectivity index (χ0v) is 12.3. The highest BCUT2D eigenvalue weighted by Crippen LogP contribution is 2.26. The fraction of sp³-hybridized carbons (Fsp3) is 0.333. The third-order valence-electron chi connectivity index (χ3n) is 3.99. The van der Waals surface area contributed by atoms with E-state index < -0.39 is 0 Å². The normalized spacial score (nSPS) is 15.0. The van der Waals surface area contributed by atoms with Gasteiger partial charge in [-0.25, -0.2) is 8.78 Å². The Morgan fingerprint density at radius 1 is 0.864 bits per heavy atom. The van der Waals surface area contributed by atoms with Gasteiger partial charge in [0.1, 0.15) is 17.7 Å². The van der Waals surface area contributed by atoms with E-state index in [9.17, 15) is 8.78 Å². The van der Waals surface area contributed by atoms with Gasteiger partial charge >= 0.3 is 0 Å². The predicted octanol–water partition coefficient (Wildman–Crippen LogP) is 3.78. The number of halogens is 2. The number of benzene rings is 2. The van der Waals surface area contributed by atoms with Crippen LogP contribution in [0.5, 0.6) is 0 Å². The van der Waals surface area contributed by atoms with E-state index in [2.05, 4.69) is 4.90 Å². The van der Waals surface area contributed by atoms with Gasteiger partial charge in [0.05, 0.1) is 6.61 Å². The summed E-state index contributed by atoms with van der Waals surface area (Å²) in [6, 6.07) is 12.5. The molecule has 4 heteroatoms. The van der Waals surface area contributed by atoms with Crippen molar-refractivity contribution < 1.29 is 13.5 Å². The summed E-state index contributed by atoms with van der Waals surface area (Å²) in [5.41, 5.74) is 1.74. The van der Waals surface area contributed by atoms with Gasteiger partial charge in [-0.2, -0.15) is 0 Å². The summed E-state index contributed by atoms with van der Waals surface area (Å²) in [4.78, 5) is 2.33. The van der Waals surface area contributed by atoms with Crippen LogP contribution in [0.25, 0.3) is 0 Å². The summed E-state index contributed by atoms with van der Waals surface area (Å²) in [5.74, 6) is -0.552. The molecule has 1 fully saturated rings. The van der Waals surface area contributed by atoms with Gasteiger partial charge in [-0.1, -0.05) is 24.3 Å². The number of hydrogen-bond donors (Lipinski definition) is 0. The second-order valence-electron chi connectivity index (χ2n) is 5.55. The molecule has 1 aliphatic rings. The Bertz CT molecular complexity index is 548. The lowest BCUT2D eigenvalue weighted by Crippen LogP contribution is -2.39. The number of rotatable bonds is 6. The molecule has 0 aromatic heterocycles. The molecule has 1 aliphatic heterocycles. The summed E-state index contributed by atoms with van der Waals surface area (Å²) in [6.07, 6.45) is 0.946. The molecule has 0 spiro atoms. The summed E-state index contributed by atoms with van der Waals surface area (Å²) >= 11 is 0. The predicted molar refractivity (Wildman–Crippen MR) is 81.7 cm³/mol. The number of nitrogens with zero attached hydrogens (tertiary/aromatic N) is 1. The van der Waals surface area contributed by atoms with Crippen LogP contribution in [0.1, 0.15) is 23.7 Å². The van der Waals surface area contributed by atoms with Crippen molar-refractivity contribution in [3.05, 3.63) is 71.3 Å². The van der Waals surface area contributed by atoms with E-state index in [1.807, 2.05) is 0 Å². The van der Waals surface area contributed by atoms with Gasteiger partial charge in [0, 0.05) is 6.54 Å². The largest absolute Gasteiger partial charge is 0.367 e. The first-order valence-electron chi connectivity index (χ1n) is 7.57. The van der Waals surface area contributed by atoms with Gasteiger partial charge < -0.3 is 9.64 Å². The molecule has 2 aromatic carbocycles. The average Bonchev–Trinajstić information content (AvgIpc) is 2.48. The molecule has 1 heterocycles. The zero-order valence-electron chi connectivity index (χ0n) is 12.3. The lowest BCUT2D eigenvalue weighted by atomic mass is 10.0. The van der Waals surface area contributed by atoms with E-state index in [0.717, 1.165) is 30.8 Å². The Morgan fingerprint density at radius 3 is 1.77 bits per heavy atom. The summed E-state index contributed by atoms with van der Waals surface area (Å²) < 4.78 is 32.3. The molecule has 116 valence electrons. The Morgan fingerprint density at radius 2 is 1.36 bits per heavy atom. The quantitative estimate of drug-likeness (QED) is 0.805. The second-order valence-corrected chi connectivity index (χ2v) is 5.55. The van der Waals surface area contributed by atoms with Crippen molar-refractivity contribution in [1.29, 1.82) is 0 Å². The van der Waals surface area contributed by atoms with Crippen LogP contribution in [0.15, 0.2) is 48.5 Å². The smallest absolute Gasteiger partial charge is 0.123 e. The summed E-state index contributed by atoms with van der Waals surface area (Å²) in [6.45, 7) is 3.74. The molecule has 0 aliphatic carbocycles. The van der Waals surface area contributed by atoms with Crippen LogP contribution in [-0.2, 0) is 4.74 Å². The maximum absolute atomic E-state index is 13.1. The van der Waals surface area contributed by atoms with Crippen LogP contribution in [-0.4, -0.2) is 31.1 Å². The third-order valence-corrected chi connectivity index (χ3v) is 3.99. The van der Waals surface area contributed by atoms with Crippen LogP contribution in [0, 0.1) is 11.6 Å². The molecular weight excluding hydrogens is 284 g/mol.